The molecule has 0 spiro atoms. The normalized spacial score (nSPS) is 14.0. The second kappa shape index (κ2) is 7.40. The Morgan fingerprint density at radius 2 is 1.76 bits per heavy atom. The first-order valence-electron chi connectivity index (χ1n) is 8.66. The Labute approximate surface area is 149 Å². The number of hydrogen-bond acceptors (Lipinski definition) is 3. The van der Waals surface area contributed by atoms with E-state index in [2.05, 4.69) is 11.4 Å². The molecular weight excluding hydrogens is 334 g/mol. The lowest BCUT2D eigenvalue weighted by molar-refractivity contribution is -0.115. The van der Waals surface area contributed by atoms with Crippen LogP contribution in [-0.2, 0) is 27.5 Å². The lowest BCUT2D eigenvalue weighted by Crippen LogP contribution is -2.19. The Bertz CT molecular complexity index is 870. The molecule has 3 rings (SSSR count). The molecule has 5 heteroatoms. The summed E-state index contributed by atoms with van der Waals surface area (Å²) in [6.45, 7) is 1.91. The van der Waals surface area contributed by atoms with E-state index in [1.54, 1.807) is 24.3 Å². The van der Waals surface area contributed by atoms with E-state index in [0.29, 0.717) is 0 Å². The fraction of sp³-hybridized carbons (Fsp3) is 0.350. The second-order valence-corrected chi connectivity index (χ2v) is 8.69. The number of sulfone groups is 1. The van der Waals surface area contributed by atoms with Gasteiger partial charge in [0.25, 0.3) is 0 Å². The van der Waals surface area contributed by atoms with Crippen LogP contribution >= 0.6 is 0 Å². The van der Waals surface area contributed by atoms with Crippen LogP contribution in [0.4, 0.5) is 5.69 Å². The van der Waals surface area contributed by atoms with Crippen molar-refractivity contribution in [3.63, 3.8) is 0 Å². The van der Waals surface area contributed by atoms with Crippen LogP contribution in [0.2, 0.25) is 0 Å². The predicted molar refractivity (Wildman–Crippen MR) is 99.6 cm³/mol. The lowest BCUT2D eigenvalue weighted by Gasteiger charge is -2.19. The first-order valence-corrected chi connectivity index (χ1v) is 10.3. The highest BCUT2D eigenvalue weighted by atomic mass is 32.2. The second-order valence-electron chi connectivity index (χ2n) is 6.58. The van der Waals surface area contributed by atoms with Crippen molar-refractivity contribution in [1.82, 2.24) is 0 Å². The van der Waals surface area contributed by atoms with Gasteiger partial charge in [0.15, 0.2) is 9.84 Å². The van der Waals surface area contributed by atoms with Crippen molar-refractivity contribution in [3.8, 4) is 0 Å². The zero-order chi connectivity index (χ0) is 17.9. The summed E-state index contributed by atoms with van der Waals surface area (Å²) < 4.78 is 24.7. The maximum Gasteiger partial charge on any atom is 0.225 e. The van der Waals surface area contributed by atoms with Crippen molar-refractivity contribution in [2.45, 2.75) is 43.9 Å². The minimum atomic E-state index is -3.44. The first-order chi connectivity index (χ1) is 12.0. The molecular formula is C20H23NO3S. The van der Waals surface area contributed by atoms with Gasteiger partial charge in [0.05, 0.1) is 10.6 Å². The van der Waals surface area contributed by atoms with Crippen LogP contribution in [0, 0.1) is 6.92 Å². The van der Waals surface area contributed by atoms with Gasteiger partial charge in [0.2, 0.25) is 5.91 Å². The number of fused-ring (bicyclic) bond motifs is 1. The van der Waals surface area contributed by atoms with Gasteiger partial charge in [-0.15, -0.1) is 0 Å². The van der Waals surface area contributed by atoms with Gasteiger partial charge in [0.1, 0.15) is 0 Å². The molecule has 0 saturated carbocycles. The number of amides is 1. The minimum Gasteiger partial charge on any atom is -0.326 e. The van der Waals surface area contributed by atoms with Crippen LogP contribution in [-0.4, -0.2) is 20.1 Å². The van der Waals surface area contributed by atoms with E-state index in [9.17, 15) is 13.2 Å². The van der Waals surface area contributed by atoms with Gasteiger partial charge in [-0.25, -0.2) is 8.42 Å². The Hall–Kier alpha value is -2.14. The molecule has 1 amide bonds. The molecule has 1 N–H and O–H groups in total. The molecule has 4 nitrogen and oxygen atoms in total. The molecule has 2 aromatic rings. The first kappa shape index (κ1) is 17.7. The Balaban J connectivity index is 1.64. The van der Waals surface area contributed by atoms with Crippen LogP contribution in [0.15, 0.2) is 47.4 Å². The predicted octanol–water partition coefficient (Wildman–Crippen LogP) is 3.68. The summed E-state index contributed by atoms with van der Waals surface area (Å²) >= 11 is 0. The standard InChI is InChI=1S/C20H23NO3S/c1-15-9-11-17(12-10-15)25(23,24)14-13-20(22)21-19-8-4-6-16-5-2-3-7-18(16)19/h4,6,8-12H,2-3,5,7,13-14H2,1H3,(H,21,22). The number of benzene rings is 2. The summed E-state index contributed by atoms with van der Waals surface area (Å²) in [7, 11) is -3.44. The van der Waals surface area contributed by atoms with E-state index in [0.717, 1.165) is 30.5 Å². The van der Waals surface area contributed by atoms with E-state index in [1.807, 2.05) is 19.1 Å². The molecule has 0 heterocycles. The van der Waals surface area contributed by atoms with Gasteiger partial charge in [0, 0.05) is 12.1 Å². The molecule has 0 bridgehead atoms. The van der Waals surface area contributed by atoms with Crippen molar-refractivity contribution in [2.75, 3.05) is 11.1 Å². The van der Waals surface area contributed by atoms with E-state index in [4.69, 9.17) is 0 Å². The lowest BCUT2D eigenvalue weighted by atomic mass is 9.90. The van der Waals surface area contributed by atoms with Crippen molar-refractivity contribution >= 4 is 21.4 Å². The fourth-order valence-electron chi connectivity index (χ4n) is 3.20. The van der Waals surface area contributed by atoms with Crippen molar-refractivity contribution in [2.24, 2.45) is 0 Å². The third-order valence-electron chi connectivity index (χ3n) is 4.65. The highest BCUT2D eigenvalue weighted by Gasteiger charge is 2.18. The zero-order valence-corrected chi connectivity index (χ0v) is 15.2. The van der Waals surface area contributed by atoms with Crippen molar-refractivity contribution < 1.29 is 13.2 Å². The Morgan fingerprint density at radius 3 is 2.52 bits per heavy atom. The Morgan fingerprint density at radius 1 is 1.04 bits per heavy atom. The molecule has 0 saturated heterocycles. The molecule has 2 aromatic carbocycles. The average Bonchev–Trinajstić information content (AvgIpc) is 2.61. The molecule has 1 aliphatic rings. The molecule has 1 aliphatic carbocycles. The van der Waals surface area contributed by atoms with Crippen LogP contribution in [0.5, 0.6) is 0 Å². The number of anilines is 1. The Kier molecular flexibility index (Phi) is 5.23. The van der Waals surface area contributed by atoms with Crippen LogP contribution in [0.1, 0.15) is 36.0 Å². The SMILES string of the molecule is Cc1ccc(S(=O)(=O)CCC(=O)Nc2cccc3c2CCCC3)cc1. The molecule has 0 aliphatic heterocycles. The highest BCUT2D eigenvalue weighted by molar-refractivity contribution is 7.91. The fourth-order valence-corrected chi connectivity index (χ4v) is 4.44. The maximum atomic E-state index is 12.4. The van der Waals surface area contributed by atoms with E-state index in [1.165, 1.54) is 17.5 Å². The summed E-state index contributed by atoms with van der Waals surface area (Å²) in [6, 6.07) is 12.7. The van der Waals surface area contributed by atoms with Crippen LogP contribution < -0.4 is 5.32 Å². The molecule has 0 fully saturated rings. The maximum absolute atomic E-state index is 12.4. The summed E-state index contributed by atoms with van der Waals surface area (Å²) in [5, 5.41) is 2.90. The van der Waals surface area contributed by atoms with Crippen molar-refractivity contribution in [3.05, 3.63) is 59.2 Å². The highest BCUT2D eigenvalue weighted by Crippen LogP contribution is 2.28. The average molecular weight is 357 g/mol. The van der Waals surface area contributed by atoms with E-state index in [-0.39, 0.29) is 23.0 Å². The smallest absolute Gasteiger partial charge is 0.225 e. The number of carbonyl (C=O) groups excluding carboxylic acids is 1. The molecule has 25 heavy (non-hydrogen) atoms. The summed E-state index contributed by atoms with van der Waals surface area (Å²) in [4.78, 5) is 12.5. The van der Waals surface area contributed by atoms with Gasteiger partial charge < -0.3 is 5.32 Å². The third kappa shape index (κ3) is 4.28. The van der Waals surface area contributed by atoms with Gasteiger partial charge in [-0.2, -0.15) is 0 Å². The minimum absolute atomic E-state index is 0.0418. The largest absolute Gasteiger partial charge is 0.326 e. The van der Waals surface area contributed by atoms with E-state index < -0.39 is 9.84 Å². The summed E-state index contributed by atoms with van der Waals surface area (Å²) in [5.41, 5.74) is 4.32. The number of carbonyl (C=O) groups is 1. The topological polar surface area (TPSA) is 63.2 Å². The van der Waals surface area contributed by atoms with Gasteiger partial charge in [-0.3, -0.25) is 4.79 Å². The summed E-state index contributed by atoms with van der Waals surface area (Å²) in [5.74, 6) is -0.439. The van der Waals surface area contributed by atoms with Gasteiger partial charge in [-0.1, -0.05) is 29.8 Å². The van der Waals surface area contributed by atoms with Crippen LogP contribution in [0.25, 0.3) is 0 Å². The molecule has 0 aromatic heterocycles. The third-order valence-corrected chi connectivity index (χ3v) is 6.38. The van der Waals surface area contributed by atoms with E-state index >= 15 is 0 Å². The number of hydrogen-bond donors (Lipinski definition) is 1. The monoisotopic (exact) mass is 357 g/mol. The number of aryl methyl sites for hydroxylation is 2. The zero-order valence-electron chi connectivity index (χ0n) is 14.4. The molecule has 132 valence electrons. The van der Waals surface area contributed by atoms with Gasteiger partial charge in [-0.05, 0) is 61.9 Å². The molecule has 0 unspecified atom stereocenters. The molecule has 0 radical (unpaired) electrons. The van der Waals surface area contributed by atoms with Crippen molar-refractivity contribution in [1.29, 1.82) is 0 Å². The number of rotatable bonds is 5. The van der Waals surface area contributed by atoms with Gasteiger partial charge >= 0.3 is 0 Å². The number of nitrogens with one attached hydrogen (secondary N) is 1. The quantitative estimate of drug-likeness (QED) is 0.888. The molecule has 0 atom stereocenters. The van der Waals surface area contributed by atoms with Crippen LogP contribution in [0.3, 0.4) is 0 Å². The summed E-state index contributed by atoms with van der Waals surface area (Å²) in [6.07, 6.45) is 4.27.